The molecule has 1 rings (SSSR count). The summed E-state index contributed by atoms with van der Waals surface area (Å²) in [7, 11) is 0. The Balaban J connectivity index is 2.06. The van der Waals surface area contributed by atoms with Gasteiger partial charge >= 0.3 is 0 Å². The van der Waals surface area contributed by atoms with E-state index in [1.54, 1.807) is 0 Å². The second-order valence-corrected chi connectivity index (χ2v) is 4.51. The molecular weight excluding hydrogens is 148 g/mol. The highest BCUT2D eigenvalue weighted by atomic mass is 15.2. The van der Waals surface area contributed by atoms with Gasteiger partial charge in [0, 0.05) is 6.04 Å². The van der Waals surface area contributed by atoms with Crippen molar-refractivity contribution in [1.82, 2.24) is 5.43 Å². The van der Waals surface area contributed by atoms with Gasteiger partial charge in [0.1, 0.15) is 0 Å². The molecule has 0 radical (unpaired) electrons. The number of hydrazine groups is 1. The number of hydrogen-bond acceptors (Lipinski definition) is 2. The fraction of sp³-hybridized carbons (Fsp3) is 1.00. The second kappa shape index (κ2) is 4.83. The van der Waals surface area contributed by atoms with Crippen molar-refractivity contribution < 1.29 is 0 Å². The molecule has 2 nitrogen and oxygen atoms in total. The lowest BCUT2D eigenvalue weighted by molar-refractivity contribution is 0.401. The molecule has 1 atom stereocenters. The summed E-state index contributed by atoms with van der Waals surface area (Å²) in [5, 5.41) is 0. The topological polar surface area (TPSA) is 38.0 Å². The number of hydrogen-bond donors (Lipinski definition) is 2. The Labute approximate surface area is 75.9 Å². The van der Waals surface area contributed by atoms with Crippen molar-refractivity contribution in [2.24, 2.45) is 17.7 Å². The van der Waals surface area contributed by atoms with Crippen LogP contribution in [0.4, 0.5) is 0 Å². The fourth-order valence-electron chi connectivity index (χ4n) is 1.56. The van der Waals surface area contributed by atoms with E-state index in [9.17, 15) is 0 Å². The Hall–Kier alpha value is -0.0800. The van der Waals surface area contributed by atoms with Gasteiger partial charge in [-0.1, -0.05) is 26.7 Å². The van der Waals surface area contributed by atoms with Gasteiger partial charge in [-0.25, -0.2) is 0 Å². The van der Waals surface area contributed by atoms with E-state index in [0.29, 0.717) is 6.04 Å². The Kier molecular flexibility index (Phi) is 4.02. The summed E-state index contributed by atoms with van der Waals surface area (Å²) in [6.07, 6.45) is 6.69. The Bertz CT molecular complexity index is 119. The molecule has 3 N–H and O–H groups in total. The van der Waals surface area contributed by atoms with Crippen LogP contribution >= 0.6 is 0 Å². The van der Waals surface area contributed by atoms with Crippen LogP contribution in [0.5, 0.6) is 0 Å². The van der Waals surface area contributed by atoms with Crippen molar-refractivity contribution in [3.05, 3.63) is 0 Å². The Morgan fingerprint density at radius 2 is 2.00 bits per heavy atom. The standard InChI is InChI=1S/C10H22N2/c1-8(2)3-6-10(12-11)7-9-4-5-9/h8-10,12H,3-7,11H2,1-2H3. The normalized spacial score (nSPS) is 20.0. The van der Waals surface area contributed by atoms with Crippen molar-refractivity contribution in [3.63, 3.8) is 0 Å². The summed E-state index contributed by atoms with van der Waals surface area (Å²) < 4.78 is 0. The van der Waals surface area contributed by atoms with Crippen LogP contribution in [0.15, 0.2) is 0 Å². The Morgan fingerprint density at radius 3 is 2.42 bits per heavy atom. The van der Waals surface area contributed by atoms with E-state index in [1.165, 1.54) is 32.1 Å². The summed E-state index contributed by atoms with van der Waals surface area (Å²) in [6, 6.07) is 0.569. The second-order valence-electron chi connectivity index (χ2n) is 4.51. The van der Waals surface area contributed by atoms with E-state index in [0.717, 1.165) is 11.8 Å². The first kappa shape index (κ1) is 10.0. The zero-order chi connectivity index (χ0) is 8.97. The maximum Gasteiger partial charge on any atom is 0.0213 e. The zero-order valence-electron chi connectivity index (χ0n) is 8.34. The smallest absolute Gasteiger partial charge is 0.0213 e. The van der Waals surface area contributed by atoms with Gasteiger partial charge < -0.3 is 0 Å². The molecule has 0 saturated heterocycles. The molecule has 0 heterocycles. The maximum absolute atomic E-state index is 5.49. The van der Waals surface area contributed by atoms with Gasteiger partial charge in [0.25, 0.3) is 0 Å². The third kappa shape index (κ3) is 4.07. The number of nitrogens with one attached hydrogen (secondary N) is 1. The van der Waals surface area contributed by atoms with Crippen LogP contribution in [-0.2, 0) is 0 Å². The molecule has 72 valence electrons. The lowest BCUT2D eigenvalue weighted by Crippen LogP contribution is -2.35. The number of rotatable bonds is 6. The van der Waals surface area contributed by atoms with Crippen LogP contribution in [0.1, 0.15) is 46.0 Å². The molecule has 1 aliphatic carbocycles. The van der Waals surface area contributed by atoms with Gasteiger partial charge in [0.05, 0.1) is 0 Å². The highest BCUT2D eigenvalue weighted by Crippen LogP contribution is 2.34. The third-order valence-corrected chi connectivity index (χ3v) is 2.64. The van der Waals surface area contributed by atoms with E-state index in [-0.39, 0.29) is 0 Å². The van der Waals surface area contributed by atoms with Gasteiger partial charge in [0.2, 0.25) is 0 Å². The molecule has 1 saturated carbocycles. The van der Waals surface area contributed by atoms with E-state index in [4.69, 9.17) is 5.84 Å². The summed E-state index contributed by atoms with van der Waals surface area (Å²) in [5.41, 5.74) is 2.93. The summed E-state index contributed by atoms with van der Waals surface area (Å²) >= 11 is 0. The molecular formula is C10H22N2. The minimum atomic E-state index is 0.569. The molecule has 0 aromatic rings. The van der Waals surface area contributed by atoms with Crippen molar-refractivity contribution >= 4 is 0 Å². The van der Waals surface area contributed by atoms with Crippen LogP contribution in [0, 0.1) is 11.8 Å². The monoisotopic (exact) mass is 170 g/mol. The highest BCUT2D eigenvalue weighted by molar-refractivity contribution is 4.79. The van der Waals surface area contributed by atoms with Crippen molar-refractivity contribution in [2.45, 2.75) is 52.0 Å². The molecule has 0 aliphatic heterocycles. The zero-order valence-corrected chi connectivity index (χ0v) is 8.34. The molecule has 0 bridgehead atoms. The summed E-state index contributed by atoms with van der Waals surface area (Å²) in [4.78, 5) is 0. The van der Waals surface area contributed by atoms with Crippen molar-refractivity contribution in [3.8, 4) is 0 Å². The van der Waals surface area contributed by atoms with E-state index < -0.39 is 0 Å². The van der Waals surface area contributed by atoms with Crippen LogP contribution in [-0.4, -0.2) is 6.04 Å². The predicted molar refractivity (Wildman–Crippen MR) is 52.5 cm³/mol. The first-order chi connectivity index (χ1) is 5.72. The van der Waals surface area contributed by atoms with Gasteiger partial charge in [-0.05, 0) is 31.1 Å². The van der Waals surface area contributed by atoms with E-state index >= 15 is 0 Å². The van der Waals surface area contributed by atoms with E-state index in [1.807, 2.05) is 0 Å². The van der Waals surface area contributed by atoms with Crippen LogP contribution in [0.2, 0.25) is 0 Å². The predicted octanol–water partition coefficient (Wildman–Crippen LogP) is 2.05. The third-order valence-electron chi connectivity index (χ3n) is 2.64. The molecule has 1 unspecified atom stereocenters. The van der Waals surface area contributed by atoms with Crippen LogP contribution in [0.25, 0.3) is 0 Å². The van der Waals surface area contributed by atoms with Crippen LogP contribution in [0.3, 0.4) is 0 Å². The molecule has 0 spiro atoms. The molecule has 12 heavy (non-hydrogen) atoms. The minimum Gasteiger partial charge on any atom is -0.271 e. The summed E-state index contributed by atoms with van der Waals surface area (Å²) in [6.45, 7) is 4.54. The highest BCUT2D eigenvalue weighted by Gasteiger charge is 2.24. The molecule has 0 aromatic heterocycles. The SMILES string of the molecule is CC(C)CCC(CC1CC1)NN. The molecule has 0 amide bonds. The van der Waals surface area contributed by atoms with Gasteiger partial charge in [-0.3, -0.25) is 11.3 Å². The maximum atomic E-state index is 5.49. The summed E-state index contributed by atoms with van der Waals surface area (Å²) in [5.74, 6) is 7.28. The molecule has 2 heteroatoms. The fourth-order valence-corrected chi connectivity index (χ4v) is 1.56. The average molecular weight is 170 g/mol. The van der Waals surface area contributed by atoms with Crippen molar-refractivity contribution in [1.29, 1.82) is 0 Å². The first-order valence-corrected chi connectivity index (χ1v) is 5.18. The van der Waals surface area contributed by atoms with Crippen LogP contribution < -0.4 is 11.3 Å². The van der Waals surface area contributed by atoms with Gasteiger partial charge in [0.15, 0.2) is 0 Å². The quantitative estimate of drug-likeness (QED) is 0.473. The minimum absolute atomic E-state index is 0.569. The number of nitrogens with two attached hydrogens (primary N) is 1. The molecule has 1 fully saturated rings. The molecule has 1 aliphatic rings. The average Bonchev–Trinajstić information content (AvgIpc) is 2.81. The first-order valence-electron chi connectivity index (χ1n) is 5.18. The van der Waals surface area contributed by atoms with Crippen molar-refractivity contribution in [2.75, 3.05) is 0 Å². The molecule has 0 aromatic carbocycles. The lowest BCUT2D eigenvalue weighted by atomic mass is 10.00. The van der Waals surface area contributed by atoms with E-state index in [2.05, 4.69) is 19.3 Å². The van der Waals surface area contributed by atoms with Gasteiger partial charge in [-0.15, -0.1) is 0 Å². The van der Waals surface area contributed by atoms with Gasteiger partial charge in [-0.2, -0.15) is 0 Å². The largest absolute Gasteiger partial charge is 0.271 e. The Morgan fingerprint density at radius 1 is 1.33 bits per heavy atom. The lowest BCUT2D eigenvalue weighted by Gasteiger charge is -2.16.